The zero-order chi connectivity index (χ0) is 9.84. The van der Waals surface area contributed by atoms with Gasteiger partial charge in [0, 0.05) is 6.07 Å². The Bertz CT molecular complexity index is 326. The lowest BCUT2D eigenvalue weighted by Crippen LogP contribution is -1.95. The average molecular weight is 183 g/mol. The van der Waals surface area contributed by atoms with Crippen LogP contribution in [0.3, 0.4) is 0 Å². The van der Waals surface area contributed by atoms with Crippen LogP contribution < -0.4 is 4.74 Å². The summed E-state index contributed by atoms with van der Waals surface area (Å²) in [6.07, 6.45) is 0. The molecule has 0 aliphatic heterocycles. The minimum atomic E-state index is -0.554. The molecule has 1 aromatic carbocycles. The fraction of sp³-hybridized carbons (Fsp3) is 0.333. The van der Waals surface area contributed by atoms with Crippen molar-refractivity contribution in [2.45, 2.75) is 13.8 Å². The van der Waals surface area contributed by atoms with Crippen LogP contribution >= 0.6 is 0 Å². The van der Waals surface area contributed by atoms with Crippen molar-refractivity contribution in [3.05, 3.63) is 28.4 Å². The molecular weight excluding hydrogens is 173 g/mol. The van der Waals surface area contributed by atoms with E-state index in [2.05, 4.69) is 5.18 Å². The summed E-state index contributed by atoms with van der Waals surface area (Å²) in [7, 11) is 0. The molecule has 70 valence electrons. The van der Waals surface area contributed by atoms with Gasteiger partial charge in [-0.2, -0.15) is 0 Å². The van der Waals surface area contributed by atoms with Crippen LogP contribution in [-0.2, 0) is 0 Å². The Morgan fingerprint density at radius 2 is 2.23 bits per heavy atom. The molecular formula is C9H10FNO2. The van der Waals surface area contributed by atoms with E-state index in [1.165, 1.54) is 6.07 Å². The zero-order valence-corrected chi connectivity index (χ0v) is 7.50. The Kier molecular flexibility index (Phi) is 2.95. The minimum Gasteiger partial charge on any atom is -0.491 e. The number of rotatable bonds is 3. The van der Waals surface area contributed by atoms with Crippen LogP contribution in [0, 0.1) is 17.6 Å². The standard InChI is InChI=1S/C9H10FNO2/c1-3-13-9-4-6(2)8(11-12)5-7(9)10/h4-5H,3H2,1-2H3. The summed E-state index contributed by atoms with van der Waals surface area (Å²) in [5, 5.41) is 2.69. The Morgan fingerprint density at radius 3 is 2.77 bits per heavy atom. The summed E-state index contributed by atoms with van der Waals surface area (Å²) in [6, 6.07) is 2.54. The predicted octanol–water partition coefficient (Wildman–Crippen LogP) is 2.93. The maximum absolute atomic E-state index is 13.1. The number of nitrogens with zero attached hydrogens (tertiary/aromatic N) is 1. The molecule has 13 heavy (non-hydrogen) atoms. The van der Waals surface area contributed by atoms with Crippen LogP contribution in [0.4, 0.5) is 10.1 Å². The first-order valence-electron chi connectivity index (χ1n) is 3.95. The van der Waals surface area contributed by atoms with Crippen molar-refractivity contribution in [1.29, 1.82) is 0 Å². The highest BCUT2D eigenvalue weighted by molar-refractivity contribution is 5.49. The molecule has 0 saturated carbocycles. The summed E-state index contributed by atoms with van der Waals surface area (Å²) in [5.74, 6) is -0.394. The maximum atomic E-state index is 13.1. The van der Waals surface area contributed by atoms with Crippen molar-refractivity contribution in [3.63, 3.8) is 0 Å². The van der Waals surface area contributed by atoms with Crippen molar-refractivity contribution in [1.82, 2.24) is 0 Å². The third kappa shape index (κ3) is 2.02. The lowest BCUT2D eigenvalue weighted by atomic mass is 10.2. The predicted molar refractivity (Wildman–Crippen MR) is 47.8 cm³/mol. The van der Waals surface area contributed by atoms with E-state index >= 15 is 0 Å². The molecule has 0 saturated heterocycles. The van der Waals surface area contributed by atoms with E-state index in [0.717, 1.165) is 6.07 Å². The number of benzene rings is 1. The van der Waals surface area contributed by atoms with E-state index < -0.39 is 5.82 Å². The van der Waals surface area contributed by atoms with Crippen LogP contribution in [-0.4, -0.2) is 6.61 Å². The van der Waals surface area contributed by atoms with E-state index in [9.17, 15) is 9.30 Å². The zero-order valence-electron chi connectivity index (χ0n) is 7.50. The molecule has 0 unspecified atom stereocenters. The number of ether oxygens (including phenoxy) is 1. The summed E-state index contributed by atoms with van der Waals surface area (Å²) < 4.78 is 18.1. The molecule has 4 heteroatoms. The van der Waals surface area contributed by atoms with E-state index in [-0.39, 0.29) is 11.4 Å². The van der Waals surface area contributed by atoms with Gasteiger partial charge in [-0.05, 0) is 30.7 Å². The molecule has 0 heterocycles. The highest BCUT2D eigenvalue weighted by atomic mass is 19.1. The van der Waals surface area contributed by atoms with Crippen LogP contribution in [0.5, 0.6) is 5.75 Å². The highest BCUT2D eigenvalue weighted by Gasteiger charge is 2.07. The molecule has 0 bridgehead atoms. The molecule has 0 N–H and O–H groups in total. The summed E-state index contributed by atoms with van der Waals surface area (Å²) in [6.45, 7) is 3.84. The Labute approximate surface area is 75.5 Å². The number of nitroso groups, excluding NO2 is 1. The van der Waals surface area contributed by atoms with Gasteiger partial charge in [-0.3, -0.25) is 0 Å². The van der Waals surface area contributed by atoms with Crippen LogP contribution in [0.1, 0.15) is 12.5 Å². The van der Waals surface area contributed by atoms with E-state index in [1.807, 2.05) is 0 Å². The van der Waals surface area contributed by atoms with Gasteiger partial charge in [-0.15, -0.1) is 4.91 Å². The van der Waals surface area contributed by atoms with Gasteiger partial charge in [-0.1, -0.05) is 0 Å². The van der Waals surface area contributed by atoms with Gasteiger partial charge in [0.25, 0.3) is 0 Å². The highest BCUT2D eigenvalue weighted by Crippen LogP contribution is 2.27. The number of halogens is 1. The van der Waals surface area contributed by atoms with E-state index in [4.69, 9.17) is 4.74 Å². The number of hydrogen-bond acceptors (Lipinski definition) is 3. The second-order valence-electron chi connectivity index (χ2n) is 2.59. The molecule has 3 nitrogen and oxygen atoms in total. The third-order valence-electron chi connectivity index (χ3n) is 1.65. The van der Waals surface area contributed by atoms with Gasteiger partial charge < -0.3 is 4.74 Å². The Balaban J connectivity index is 3.12. The monoisotopic (exact) mass is 183 g/mol. The molecule has 0 amide bonds. The van der Waals surface area contributed by atoms with Crippen molar-refractivity contribution < 1.29 is 9.13 Å². The lowest BCUT2D eigenvalue weighted by Gasteiger charge is -2.05. The van der Waals surface area contributed by atoms with Crippen LogP contribution in [0.25, 0.3) is 0 Å². The molecule has 1 aromatic rings. The molecule has 1 rings (SSSR count). The third-order valence-corrected chi connectivity index (χ3v) is 1.65. The summed E-state index contributed by atoms with van der Waals surface area (Å²) in [4.78, 5) is 10.2. The average Bonchev–Trinajstić information content (AvgIpc) is 2.11. The minimum absolute atomic E-state index is 0.112. The van der Waals surface area contributed by atoms with Gasteiger partial charge in [-0.25, -0.2) is 4.39 Å². The van der Waals surface area contributed by atoms with Crippen LogP contribution in [0.15, 0.2) is 17.3 Å². The van der Waals surface area contributed by atoms with E-state index in [0.29, 0.717) is 12.2 Å². The van der Waals surface area contributed by atoms with Gasteiger partial charge in [0.1, 0.15) is 5.69 Å². The van der Waals surface area contributed by atoms with Gasteiger partial charge in [0.05, 0.1) is 6.61 Å². The second kappa shape index (κ2) is 3.98. The molecule has 0 aliphatic carbocycles. The molecule has 0 fully saturated rings. The molecule has 0 radical (unpaired) electrons. The Hall–Kier alpha value is -1.45. The smallest absolute Gasteiger partial charge is 0.167 e. The summed E-state index contributed by atoms with van der Waals surface area (Å²) in [5.41, 5.74) is 0.723. The topological polar surface area (TPSA) is 38.7 Å². The van der Waals surface area contributed by atoms with Crippen LogP contribution in [0.2, 0.25) is 0 Å². The molecule has 0 aliphatic rings. The second-order valence-corrected chi connectivity index (χ2v) is 2.59. The van der Waals surface area contributed by atoms with Crippen molar-refractivity contribution in [3.8, 4) is 5.75 Å². The Morgan fingerprint density at radius 1 is 1.54 bits per heavy atom. The first-order chi connectivity index (χ1) is 6.19. The molecule has 0 spiro atoms. The summed E-state index contributed by atoms with van der Waals surface area (Å²) >= 11 is 0. The van der Waals surface area contributed by atoms with Gasteiger partial charge in [0.2, 0.25) is 0 Å². The fourth-order valence-corrected chi connectivity index (χ4v) is 1.01. The van der Waals surface area contributed by atoms with Crippen molar-refractivity contribution in [2.24, 2.45) is 5.18 Å². The largest absolute Gasteiger partial charge is 0.491 e. The van der Waals surface area contributed by atoms with Gasteiger partial charge in [0.15, 0.2) is 11.6 Å². The molecule has 0 atom stereocenters. The maximum Gasteiger partial charge on any atom is 0.167 e. The van der Waals surface area contributed by atoms with Gasteiger partial charge >= 0.3 is 0 Å². The normalized spacial score (nSPS) is 9.77. The molecule has 0 aromatic heterocycles. The van der Waals surface area contributed by atoms with E-state index in [1.54, 1.807) is 13.8 Å². The van der Waals surface area contributed by atoms with Crippen molar-refractivity contribution >= 4 is 5.69 Å². The van der Waals surface area contributed by atoms with Crippen molar-refractivity contribution in [2.75, 3.05) is 6.61 Å². The number of aryl methyl sites for hydroxylation is 1. The first-order valence-corrected chi connectivity index (χ1v) is 3.95. The quantitative estimate of drug-likeness (QED) is 0.676. The SMILES string of the molecule is CCOc1cc(C)c(N=O)cc1F. The fourth-order valence-electron chi connectivity index (χ4n) is 1.01. The first kappa shape index (κ1) is 9.64. The number of hydrogen-bond donors (Lipinski definition) is 0. The lowest BCUT2D eigenvalue weighted by molar-refractivity contribution is 0.321.